The summed E-state index contributed by atoms with van der Waals surface area (Å²) < 4.78 is 33.8. The number of hydrogen-bond acceptors (Lipinski definition) is 5. The molecule has 1 saturated heterocycles. The van der Waals surface area contributed by atoms with Gasteiger partial charge in [-0.3, -0.25) is 9.69 Å². The Morgan fingerprint density at radius 3 is 2.23 bits per heavy atom. The second-order valence-corrected chi connectivity index (χ2v) is 7.04. The van der Waals surface area contributed by atoms with Crippen molar-refractivity contribution in [3.63, 3.8) is 0 Å². The van der Waals surface area contributed by atoms with E-state index < -0.39 is 6.61 Å². The molecule has 1 heterocycles. The van der Waals surface area contributed by atoms with Gasteiger partial charge in [0.1, 0.15) is 11.5 Å². The highest BCUT2D eigenvalue weighted by Gasteiger charge is 2.17. The first-order valence-corrected chi connectivity index (χ1v) is 9.99. The summed E-state index contributed by atoms with van der Waals surface area (Å²) in [6, 6.07) is 13.8. The summed E-state index contributed by atoms with van der Waals surface area (Å²) in [7, 11) is 1.66. The molecule has 0 radical (unpaired) electrons. The van der Waals surface area contributed by atoms with Crippen LogP contribution in [0.25, 0.3) is 0 Å². The lowest BCUT2D eigenvalue weighted by Crippen LogP contribution is -2.47. The largest absolute Gasteiger partial charge is 0.497 e. The molecule has 0 aromatic heterocycles. The van der Waals surface area contributed by atoms with Gasteiger partial charge in [-0.15, -0.1) is 0 Å². The lowest BCUT2D eigenvalue weighted by molar-refractivity contribution is -0.0498. The number of alkyl halides is 2. The van der Waals surface area contributed by atoms with E-state index in [1.54, 1.807) is 7.11 Å². The number of ether oxygens (including phenoxy) is 2. The maximum absolute atomic E-state index is 12.2. The molecule has 0 unspecified atom stereocenters. The third kappa shape index (κ3) is 6.32. The second-order valence-electron chi connectivity index (χ2n) is 7.04. The van der Waals surface area contributed by atoms with Crippen LogP contribution in [0.2, 0.25) is 0 Å². The number of benzene rings is 2. The monoisotopic (exact) mass is 419 g/mol. The summed E-state index contributed by atoms with van der Waals surface area (Å²) in [5, 5.41) is 2.87. The first kappa shape index (κ1) is 21.8. The minimum Gasteiger partial charge on any atom is -0.497 e. The number of amides is 1. The Kier molecular flexibility index (Phi) is 7.84. The van der Waals surface area contributed by atoms with Gasteiger partial charge < -0.3 is 19.7 Å². The minimum absolute atomic E-state index is 0.0373. The summed E-state index contributed by atoms with van der Waals surface area (Å²) in [6.45, 7) is 2.49. The van der Waals surface area contributed by atoms with Gasteiger partial charge in [-0.25, -0.2) is 0 Å². The topological polar surface area (TPSA) is 54.0 Å². The highest BCUT2D eigenvalue weighted by Crippen LogP contribution is 2.20. The summed E-state index contributed by atoms with van der Waals surface area (Å²) in [6.07, 6.45) is 0.848. The Labute approximate surface area is 175 Å². The number of rotatable bonds is 9. The average Bonchev–Trinajstić information content (AvgIpc) is 2.77. The number of carbonyl (C=O) groups excluding carboxylic acids is 1. The van der Waals surface area contributed by atoms with Gasteiger partial charge in [0.25, 0.3) is 5.91 Å². The normalized spacial score (nSPS) is 14.6. The number of anilines is 1. The number of carbonyl (C=O) groups is 1. The molecular formula is C22H27F2N3O3. The van der Waals surface area contributed by atoms with Gasteiger partial charge in [0, 0.05) is 44.0 Å². The molecule has 1 N–H and O–H groups in total. The van der Waals surface area contributed by atoms with Crippen LogP contribution < -0.4 is 19.7 Å². The number of halogens is 2. The summed E-state index contributed by atoms with van der Waals surface area (Å²) in [4.78, 5) is 16.9. The quantitative estimate of drug-likeness (QED) is 0.633. The van der Waals surface area contributed by atoms with E-state index in [1.807, 2.05) is 12.1 Å². The molecule has 8 heteroatoms. The van der Waals surface area contributed by atoms with E-state index in [0.717, 1.165) is 44.9 Å². The Morgan fingerprint density at radius 1 is 1.00 bits per heavy atom. The standard InChI is InChI=1S/C22H27F2N3O3/c1-29-19-9-5-18(6-10-19)27-15-13-26(14-16-27)12-2-11-25-21(28)17-3-7-20(8-4-17)30-22(23)24/h3-10,22H,2,11-16H2,1H3,(H,25,28). The number of methoxy groups -OCH3 is 1. The lowest BCUT2D eigenvalue weighted by atomic mass is 10.2. The van der Waals surface area contributed by atoms with Crippen molar-refractivity contribution in [2.45, 2.75) is 13.0 Å². The molecular weight excluding hydrogens is 392 g/mol. The van der Waals surface area contributed by atoms with Crippen LogP contribution in [0.4, 0.5) is 14.5 Å². The number of nitrogens with zero attached hydrogens (tertiary/aromatic N) is 2. The maximum atomic E-state index is 12.2. The van der Waals surface area contributed by atoms with Gasteiger partial charge in [-0.05, 0) is 61.5 Å². The first-order chi connectivity index (χ1) is 14.5. The van der Waals surface area contributed by atoms with Crippen LogP contribution in [0, 0.1) is 0 Å². The van der Waals surface area contributed by atoms with E-state index in [-0.39, 0.29) is 11.7 Å². The van der Waals surface area contributed by atoms with Crippen LogP contribution in [0.3, 0.4) is 0 Å². The van der Waals surface area contributed by atoms with E-state index in [2.05, 4.69) is 32.0 Å². The Balaban J connectivity index is 1.33. The third-order valence-electron chi connectivity index (χ3n) is 5.09. The highest BCUT2D eigenvalue weighted by atomic mass is 19.3. The van der Waals surface area contributed by atoms with E-state index >= 15 is 0 Å². The molecule has 0 saturated carbocycles. The van der Waals surface area contributed by atoms with Gasteiger partial charge in [-0.1, -0.05) is 0 Å². The van der Waals surface area contributed by atoms with Gasteiger partial charge in [0.15, 0.2) is 0 Å². The molecule has 1 aliphatic heterocycles. The van der Waals surface area contributed by atoms with Crippen LogP contribution in [-0.4, -0.2) is 63.8 Å². The molecule has 0 atom stereocenters. The SMILES string of the molecule is COc1ccc(N2CCN(CCCNC(=O)c3ccc(OC(F)F)cc3)CC2)cc1. The first-order valence-electron chi connectivity index (χ1n) is 9.99. The van der Waals surface area contributed by atoms with Crippen LogP contribution in [0.5, 0.6) is 11.5 Å². The van der Waals surface area contributed by atoms with Gasteiger partial charge in [0.05, 0.1) is 7.11 Å². The zero-order valence-corrected chi connectivity index (χ0v) is 17.0. The van der Waals surface area contributed by atoms with Gasteiger partial charge in [-0.2, -0.15) is 8.78 Å². The zero-order valence-electron chi connectivity index (χ0n) is 17.0. The highest BCUT2D eigenvalue weighted by molar-refractivity contribution is 5.94. The van der Waals surface area contributed by atoms with Crippen LogP contribution in [0.15, 0.2) is 48.5 Å². The van der Waals surface area contributed by atoms with Crippen molar-refractivity contribution in [2.24, 2.45) is 0 Å². The van der Waals surface area contributed by atoms with Crippen molar-refractivity contribution in [2.75, 3.05) is 51.3 Å². The maximum Gasteiger partial charge on any atom is 0.387 e. The predicted molar refractivity (Wildman–Crippen MR) is 112 cm³/mol. The molecule has 3 rings (SSSR count). The van der Waals surface area contributed by atoms with Crippen LogP contribution >= 0.6 is 0 Å². The van der Waals surface area contributed by atoms with E-state index in [4.69, 9.17) is 4.74 Å². The number of nitrogens with one attached hydrogen (secondary N) is 1. The fourth-order valence-corrected chi connectivity index (χ4v) is 3.42. The Hall–Kier alpha value is -2.87. The van der Waals surface area contributed by atoms with Crippen LogP contribution in [-0.2, 0) is 0 Å². The molecule has 2 aromatic rings. The van der Waals surface area contributed by atoms with Gasteiger partial charge >= 0.3 is 6.61 Å². The van der Waals surface area contributed by atoms with Crippen molar-refractivity contribution in [1.29, 1.82) is 0 Å². The molecule has 6 nitrogen and oxygen atoms in total. The Bertz CT molecular complexity index is 792. The molecule has 1 fully saturated rings. The van der Waals surface area contributed by atoms with Crippen molar-refractivity contribution in [3.8, 4) is 11.5 Å². The molecule has 0 aliphatic carbocycles. The van der Waals surface area contributed by atoms with Crippen molar-refractivity contribution >= 4 is 11.6 Å². The molecule has 162 valence electrons. The minimum atomic E-state index is -2.87. The van der Waals surface area contributed by atoms with Crippen molar-refractivity contribution in [3.05, 3.63) is 54.1 Å². The molecule has 0 bridgehead atoms. The fraction of sp³-hybridized carbons (Fsp3) is 0.409. The smallest absolute Gasteiger partial charge is 0.387 e. The summed E-state index contributed by atoms with van der Waals surface area (Å²) in [5.41, 5.74) is 1.62. The van der Waals surface area contributed by atoms with E-state index in [1.165, 1.54) is 30.0 Å². The number of piperazine rings is 1. The molecule has 30 heavy (non-hydrogen) atoms. The van der Waals surface area contributed by atoms with Gasteiger partial charge in [0.2, 0.25) is 0 Å². The molecule has 0 spiro atoms. The van der Waals surface area contributed by atoms with Crippen molar-refractivity contribution in [1.82, 2.24) is 10.2 Å². The number of hydrogen-bond donors (Lipinski definition) is 1. The van der Waals surface area contributed by atoms with E-state index in [0.29, 0.717) is 12.1 Å². The predicted octanol–water partition coefficient (Wildman–Crippen LogP) is 3.24. The molecule has 1 aliphatic rings. The molecule has 2 aromatic carbocycles. The summed E-state index contributed by atoms with van der Waals surface area (Å²) in [5.74, 6) is 0.676. The van der Waals surface area contributed by atoms with E-state index in [9.17, 15) is 13.6 Å². The average molecular weight is 419 g/mol. The third-order valence-corrected chi connectivity index (χ3v) is 5.09. The molecule has 1 amide bonds. The zero-order chi connectivity index (χ0) is 21.3. The lowest BCUT2D eigenvalue weighted by Gasteiger charge is -2.36. The van der Waals surface area contributed by atoms with Crippen molar-refractivity contribution < 1.29 is 23.0 Å². The Morgan fingerprint density at radius 2 is 1.63 bits per heavy atom. The van der Waals surface area contributed by atoms with Crippen LogP contribution in [0.1, 0.15) is 16.8 Å². The second kappa shape index (κ2) is 10.8. The summed E-state index contributed by atoms with van der Waals surface area (Å²) >= 11 is 0. The fourth-order valence-electron chi connectivity index (χ4n) is 3.42.